The van der Waals surface area contributed by atoms with Gasteiger partial charge in [0.15, 0.2) is 0 Å². The zero-order valence-corrected chi connectivity index (χ0v) is 11.8. The van der Waals surface area contributed by atoms with Crippen molar-refractivity contribution in [3.8, 4) is 0 Å². The Morgan fingerprint density at radius 2 is 2.30 bits per heavy atom. The fraction of sp³-hybridized carbons (Fsp3) is 0.438. The highest BCUT2D eigenvalue weighted by molar-refractivity contribution is 5.36. The third-order valence-corrected chi connectivity index (χ3v) is 3.76. The molecule has 1 N–H and O–H groups in total. The highest BCUT2D eigenvalue weighted by Crippen LogP contribution is 2.34. The van der Waals surface area contributed by atoms with Crippen molar-refractivity contribution in [1.82, 2.24) is 15.0 Å². The van der Waals surface area contributed by atoms with Gasteiger partial charge < -0.3 is 5.32 Å². The largest absolute Gasteiger partial charge is 0.369 e. The second-order valence-electron chi connectivity index (χ2n) is 5.25. The topological polar surface area (TPSA) is 50.7 Å². The molecule has 3 rings (SSSR count). The molecule has 20 heavy (non-hydrogen) atoms. The van der Waals surface area contributed by atoms with Crippen LogP contribution in [0.4, 0.5) is 5.82 Å². The molecule has 0 saturated heterocycles. The molecule has 1 aliphatic carbocycles. The number of fused-ring (bicyclic) bond motifs is 1. The van der Waals surface area contributed by atoms with Gasteiger partial charge in [-0.1, -0.05) is 13.0 Å². The SMILES string of the molecule is CCCNc1cncc(C2CCCc3cccnc32)n1. The van der Waals surface area contributed by atoms with E-state index in [9.17, 15) is 0 Å². The summed E-state index contributed by atoms with van der Waals surface area (Å²) in [6.07, 6.45) is 10.1. The number of rotatable bonds is 4. The quantitative estimate of drug-likeness (QED) is 0.925. The molecule has 0 saturated carbocycles. The molecule has 0 amide bonds. The van der Waals surface area contributed by atoms with Crippen molar-refractivity contribution in [1.29, 1.82) is 0 Å². The Hall–Kier alpha value is -1.97. The molecule has 4 heteroatoms. The molecular formula is C16H20N4. The van der Waals surface area contributed by atoms with Crippen LogP contribution >= 0.6 is 0 Å². The van der Waals surface area contributed by atoms with Crippen LogP contribution in [0, 0.1) is 0 Å². The molecule has 2 aromatic rings. The third kappa shape index (κ3) is 2.64. The zero-order chi connectivity index (χ0) is 13.8. The van der Waals surface area contributed by atoms with Crippen molar-refractivity contribution >= 4 is 5.82 Å². The number of pyridine rings is 1. The summed E-state index contributed by atoms with van der Waals surface area (Å²) in [5, 5.41) is 3.30. The summed E-state index contributed by atoms with van der Waals surface area (Å²) in [5.74, 6) is 1.16. The maximum Gasteiger partial charge on any atom is 0.144 e. The molecule has 0 spiro atoms. The van der Waals surface area contributed by atoms with Crippen LogP contribution in [0.5, 0.6) is 0 Å². The van der Waals surface area contributed by atoms with Crippen molar-refractivity contribution in [2.45, 2.75) is 38.5 Å². The minimum Gasteiger partial charge on any atom is -0.369 e. The molecular weight excluding hydrogens is 248 g/mol. The summed E-state index contributed by atoms with van der Waals surface area (Å²) >= 11 is 0. The Balaban J connectivity index is 1.90. The van der Waals surface area contributed by atoms with Crippen LogP contribution in [-0.2, 0) is 6.42 Å². The molecule has 1 atom stereocenters. The second-order valence-corrected chi connectivity index (χ2v) is 5.25. The number of hydrogen-bond donors (Lipinski definition) is 1. The normalized spacial score (nSPS) is 17.6. The molecule has 0 bridgehead atoms. The van der Waals surface area contributed by atoms with Gasteiger partial charge in [-0.15, -0.1) is 0 Å². The van der Waals surface area contributed by atoms with Gasteiger partial charge in [0, 0.05) is 24.9 Å². The minimum atomic E-state index is 0.288. The highest BCUT2D eigenvalue weighted by atomic mass is 15.0. The van der Waals surface area contributed by atoms with Gasteiger partial charge in [-0.3, -0.25) is 9.97 Å². The van der Waals surface area contributed by atoms with Crippen molar-refractivity contribution in [2.75, 3.05) is 11.9 Å². The van der Waals surface area contributed by atoms with E-state index < -0.39 is 0 Å². The van der Waals surface area contributed by atoms with E-state index in [4.69, 9.17) is 4.98 Å². The van der Waals surface area contributed by atoms with Gasteiger partial charge >= 0.3 is 0 Å². The molecule has 0 radical (unpaired) electrons. The summed E-state index contributed by atoms with van der Waals surface area (Å²) in [4.78, 5) is 13.6. The van der Waals surface area contributed by atoms with E-state index in [1.54, 1.807) is 6.20 Å². The molecule has 2 heterocycles. The van der Waals surface area contributed by atoms with Crippen LogP contribution in [0.2, 0.25) is 0 Å². The van der Waals surface area contributed by atoms with Gasteiger partial charge in [-0.2, -0.15) is 0 Å². The van der Waals surface area contributed by atoms with Crippen LogP contribution in [0.3, 0.4) is 0 Å². The summed E-state index contributed by atoms with van der Waals surface area (Å²) in [5.41, 5.74) is 3.57. The van der Waals surface area contributed by atoms with Crippen molar-refractivity contribution < 1.29 is 0 Å². The standard InChI is InChI=1S/C16H20N4/c1-2-8-18-15-11-17-10-14(20-15)13-7-3-5-12-6-4-9-19-16(12)13/h4,6,9-11,13H,2-3,5,7-8H2,1H3,(H,18,20). The smallest absolute Gasteiger partial charge is 0.144 e. The summed E-state index contributed by atoms with van der Waals surface area (Å²) in [6, 6.07) is 4.20. The number of nitrogens with zero attached hydrogens (tertiary/aromatic N) is 3. The average Bonchev–Trinajstić information content (AvgIpc) is 2.52. The first-order valence-electron chi connectivity index (χ1n) is 7.38. The maximum absolute atomic E-state index is 4.72. The Kier molecular flexibility index (Phi) is 3.90. The van der Waals surface area contributed by atoms with E-state index in [1.165, 1.54) is 17.7 Å². The Morgan fingerprint density at radius 1 is 1.35 bits per heavy atom. The fourth-order valence-electron chi connectivity index (χ4n) is 2.78. The van der Waals surface area contributed by atoms with Gasteiger partial charge in [-0.25, -0.2) is 4.98 Å². The predicted molar refractivity (Wildman–Crippen MR) is 79.8 cm³/mol. The maximum atomic E-state index is 4.72. The summed E-state index contributed by atoms with van der Waals surface area (Å²) in [7, 11) is 0. The number of aromatic nitrogens is 3. The lowest BCUT2D eigenvalue weighted by Gasteiger charge is -2.23. The molecule has 0 fully saturated rings. The van der Waals surface area contributed by atoms with Crippen molar-refractivity contribution in [2.24, 2.45) is 0 Å². The molecule has 1 aliphatic rings. The Morgan fingerprint density at radius 3 is 3.20 bits per heavy atom. The van der Waals surface area contributed by atoms with Gasteiger partial charge in [0.2, 0.25) is 0 Å². The van der Waals surface area contributed by atoms with E-state index in [1.807, 2.05) is 18.5 Å². The van der Waals surface area contributed by atoms with Gasteiger partial charge in [0.1, 0.15) is 5.82 Å². The number of hydrogen-bond acceptors (Lipinski definition) is 4. The third-order valence-electron chi connectivity index (χ3n) is 3.76. The lowest BCUT2D eigenvalue weighted by atomic mass is 9.85. The monoisotopic (exact) mass is 268 g/mol. The fourth-order valence-corrected chi connectivity index (χ4v) is 2.78. The Labute approximate surface area is 119 Å². The van der Waals surface area contributed by atoms with Crippen molar-refractivity contribution in [3.63, 3.8) is 0 Å². The number of anilines is 1. The molecule has 2 aromatic heterocycles. The number of aryl methyl sites for hydroxylation is 1. The number of nitrogens with one attached hydrogen (secondary N) is 1. The minimum absolute atomic E-state index is 0.288. The van der Waals surface area contributed by atoms with Gasteiger partial charge in [0.05, 0.1) is 17.6 Å². The molecule has 104 valence electrons. The van der Waals surface area contributed by atoms with E-state index in [-0.39, 0.29) is 5.92 Å². The molecule has 1 unspecified atom stereocenters. The molecule has 0 aromatic carbocycles. The zero-order valence-electron chi connectivity index (χ0n) is 11.8. The van der Waals surface area contributed by atoms with Crippen LogP contribution in [0.15, 0.2) is 30.7 Å². The average molecular weight is 268 g/mol. The van der Waals surface area contributed by atoms with Crippen molar-refractivity contribution in [3.05, 3.63) is 47.7 Å². The van der Waals surface area contributed by atoms with E-state index in [0.717, 1.165) is 37.3 Å². The first kappa shape index (κ1) is 13.0. The first-order valence-corrected chi connectivity index (χ1v) is 7.38. The van der Waals surface area contributed by atoms with E-state index in [0.29, 0.717) is 0 Å². The van der Waals surface area contributed by atoms with Crippen LogP contribution in [0.25, 0.3) is 0 Å². The highest BCUT2D eigenvalue weighted by Gasteiger charge is 2.24. The summed E-state index contributed by atoms with van der Waals surface area (Å²) in [6.45, 7) is 3.07. The first-order chi connectivity index (χ1) is 9.88. The van der Waals surface area contributed by atoms with Crippen LogP contribution in [-0.4, -0.2) is 21.5 Å². The molecule has 4 nitrogen and oxygen atoms in total. The lowest BCUT2D eigenvalue weighted by Crippen LogP contribution is -2.15. The van der Waals surface area contributed by atoms with E-state index in [2.05, 4.69) is 28.3 Å². The van der Waals surface area contributed by atoms with Gasteiger partial charge in [-0.05, 0) is 37.3 Å². The second kappa shape index (κ2) is 5.99. The van der Waals surface area contributed by atoms with Crippen LogP contribution < -0.4 is 5.32 Å². The molecule has 0 aliphatic heterocycles. The Bertz CT molecular complexity index is 582. The van der Waals surface area contributed by atoms with Crippen LogP contribution in [0.1, 0.15) is 49.1 Å². The predicted octanol–water partition coefficient (Wildman–Crippen LogP) is 3.16. The summed E-state index contributed by atoms with van der Waals surface area (Å²) < 4.78 is 0. The lowest BCUT2D eigenvalue weighted by molar-refractivity contribution is 0.586. The van der Waals surface area contributed by atoms with E-state index >= 15 is 0 Å². The van der Waals surface area contributed by atoms with Gasteiger partial charge in [0.25, 0.3) is 0 Å².